The molecule has 0 atom stereocenters. The Morgan fingerprint density at radius 1 is 0.738 bits per heavy atom. The normalized spacial score (nSPS) is 13.6. The molecule has 4 aromatic carbocycles. The SMILES string of the molecule is O=C(NCc1c(C(=O)ON2C(=O)c3ccccc3C2=O)sc2ccccc12)OCC1c2ccccc2-c2ccccc21. The van der Waals surface area contributed by atoms with Crippen LogP contribution in [-0.4, -0.2) is 35.5 Å². The number of hydroxylamine groups is 2. The highest BCUT2D eigenvalue weighted by Gasteiger charge is 2.39. The van der Waals surface area contributed by atoms with Gasteiger partial charge in [-0.15, -0.1) is 11.3 Å². The molecule has 1 aliphatic carbocycles. The Morgan fingerprint density at radius 2 is 1.29 bits per heavy atom. The summed E-state index contributed by atoms with van der Waals surface area (Å²) in [5.41, 5.74) is 5.32. The topological polar surface area (TPSA) is 102 Å². The molecule has 42 heavy (non-hydrogen) atoms. The lowest BCUT2D eigenvalue weighted by molar-refractivity contribution is -0.0581. The number of alkyl carbamates (subject to hydrolysis) is 1. The van der Waals surface area contributed by atoms with E-state index in [1.54, 1.807) is 12.1 Å². The van der Waals surface area contributed by atoms with Gasteiger partial charge in [0.1, 0.15) is 11.5 Å². The molecule has 0 bridgehead atoms. The monoisotopic (exact) mass is 574 g/mol. The van der Waals surface area contributed by atoms with Crippen molar-refractivity contribution in [3.05, 3.63) is 130 Å². The maximum absolute atomic E-state index is 13.3. The molecule has 0 saturated carbocycles. The molecule has 5 aromatic rings. The van der Waals surface area contributed by atoms with E-state index in [9.17, 15) is 19.2 Å². The van der Waals surface area contributed by atoms with Crippen molar-refractivity contribution < 1.29 is 28.8 Å². The summed E-state index contributed by atoms with van der Waals surface area (Å²) < 4.78 is 6.45. The summed E-state index contributed by atoms with van der Waals surface area (Å²) in [6, 6.07) is 29.8. The summed E-state index contributed by atoms with van der Waals surface area (Å²) in [6.45, 7) is 0.131. The summed E-state index contributed by atoms with van der Waals surface area (Å²) in [7, 11) is 0. The van der Waals surface area contributed by atoms with Crippen LogP contribution in [0.5, 0.6) is 0 Å². The lowest BCUT2D eigenvalue weighted by Gasteiger charge is -2.15. The van der Waals surface area contributed by atoms with Crippen LogP contribution < -0.4 is 5.32 Å². The number of carbonyl (C=O) groups excluding carboxylic acids is 4. The Labute approximate surface area is 244 Å². The predicted molar refractivity (Wildman–Crippen MR) is 156 cm³/mol. The first-order chi connectivity index (χ1) is 20.5. The van der Waals surface area contributed by atoms with Crippen molar-refractivity contribution >= 4 is 45.3 Å². The van der Waals surface area contributed by atoms with Gasteiger partial charge < -0.3 is 14.9 Å². The number of benzene rings is 4. The molecule has 1 aromatic heterocycles. The quantitative estimate of drug-likeness (QED) is 0.239. The van der Waals surface area contributed by atoms with Crippen LogP contribution in [0.3, 0.4) is 0 Å². The van der Waals surface area contributed by atoms with E-state index in [2.05, 4.69) is 17.4 Å². The fourth-order valence-electron chi connectivity index (χ4n) is 5.62. The van der Waals surface area contributed by atoms with Crippen molar-refractivity contribution in [3.63, 3.8) is 0 Å². The van der Waals surface area contributed by atoms with E-state index in [4.69, 9.17) is 9.57 Å². The predicted octanol–water partition coefficient (Wildman–Crippen LogP) is 6.31. The smallest absolute Gasteiger partial charge is 0.407 e. The van der Waals surface area contributed by atoms with E-state index in [0.29, 0.717) is 10.6 Å². The largest absolute Gasteiger partial charge is 0.449 e. The Bertz CT molecular complexity index is 1850. The molecule has 1 aliphatic heterocycles. The lowest BCUT2D eigenvalue weighted by atomic mass is 9.98. The molecule has 0 spiro atoms. The number of fused-ring (bicyclic) bond motifs is 5. The van der Waals surface area contributed by atoms with Crippen molar-refractivity contribution in [2.45, 2.75) is 12.5 Å². The van der Waals surface area contributed by atoms with Crippen LogP contribution in [0.15, 0.2) is 97.1 Å². The van der Waals surface area contributed by atoms with Crippen molar-refractivity contribution in [1.29, 1.82) is 0 Å². The molecule has 8 nitrogen and oxygen atoms in total. The van der Waals surface area contributed by atoms with Crippen LogP contribution >= 0.6 is 11.3 Å². The molecule has 2 aliphatic rings. The van der Waals surface area contributed by atoms with Gasteiger partial charge in [0.05, 0.1) is 11.1 Å². The molecule has 1 N–H and O–H groups in total. The number of rotatable bonds is 6. The van der Waals surface area contributed by atoms with E-state index < -0.39 is 23.9 Å². The zero-order chi connectivity index (χ0) is 28.8. The van der Waals surface area contributed by atoms with Gasteiger partial charge in [0.2, 0.25) is 0 Å². The van der Waals surface area contributed by atoms with Gasteiger partial charge in [-0.25, -0.2) is 9.59 Å². The van der Waals surface area contributed by atoms with Gasteiger partial charge in [-0.05, 0) is 45.8 Å². The van der Waals surface area contributed by atoms with Gasteiger partial charge in [-0.1, -0.05) is 83.9 Å². The zero-order valence-electron chi connectivity index (χ0n) is 22.0. The number of hydrogen-bond acceptors (Lipinski definition) is 7. The van der Waals surface area contributed by atoms with E-state index in [1.807, 2.05) is 60.7 Å². The average Bonchev–Trinajstić information content (AvgIpc) is 3.64. The summed E-state index contributed by atoms with van der Waals surface area (Å²) in [5.74, 6) is -2.36. The standard InChI is InChI=1S/C33H22N2O6S/c36-30-24-14-5-6-15-25(24)31(37)35(30)41-32(38)29-26(23-13-7-8-16-28(23)42-29)17-34-33(39)40-18-27-21-11-3-1-9-19(21)20-10-2-4-12-22(20)27/h1-16,27H,17-18H2,(H,34,39). The van der Waals surface area contributed by atoms with Crippen LogP contribution in [0.4, 0.5) is 4.79 Å². The van der Waals surface area contributed by atoms with Gasteiger partial charge in [-0.2, -0.15) is 0 Å². The maximum Gasteiger partial charge on any atom is 0.407 e. The van der Waals surface area contributed by atoms with Crippen LogP contribution in [0.1, 0.15) is 53.0 Å². The van der Waals surface area contributed by atoms with E-state index in [-0.39, 0.29) is 35.1 Å². The summed E-state index contributed by atoms with van der Waals surface area (Å²) in [5, 5.41) is 3.99. The highest BCUT2D eigenvalue weighted by molar-refractivity contribution is 7.21. The first kappa shape index (κ1) is 25.7. The molecule has 0 radical (unpaired) electrons. The number of ether oxygens (including phenoxy) is 1. The number of amides is 3. The third kappa shape index (κ3) is 4.22. The van der Waals surface area contributed by atoms with Crippen molar-refractivity contribution in [1.82, 2.24) is 10.4 Å². The highest BCUT2D eigenvalue weighted by atomic mass is 32.1. The molecule has 206 valence electrons. The second kappa shape index (κ2) is 10.3. The Morgan fingerprint density at radius 3 is 1.93 bits per heavy atom. The molecular formula is C33H22N2O6S. The third-order valence-corrected chi connectivity index (χ3v) is 8.76. The molecule has 0 fully saturated rings. The van der Waals surface area contributed by atoms with E-state index >= 15 is 0 Å². The average molecular weight is 575 g/mol. The molecule has 2 heterocycles. The molecule has 3 amide bonds. The van der Waals surface area contributed by atoms with Gasteiger partial charge in [0, 0.05) is 22.7 Å². The van der Waals surface area contributed by atoms with Crippen LogP contribution in [-0.2, 0) is 16.1 Å². The number of nitrogens with one attached hydrogen (secondary N) is 1. The maximum atomic E-state index is 13.3. The van der Waals surface area contributed by atoms with Crippen LogP contribution in [0.2, 0.25) is 0 Å². The first-order valence-corrected chi connectivity index (χ1v) is 14.1. The summed E-state index contributed by atoms with van der Waals surface area (Å²) in [4.78, 5) is 57.2. The number of nitrogens with zero attached hydrogens (tertiary/aromatic N) is 1. The number of carbonyl (C=O) groups is 4. The minimum absolute atomic E-state index is 0.0206. The van der Waals surface area contributed by atoms with Gasteiger partial charge in [0.25, 0.3) is 11.8 Å². The van der Waals surface area contributed by atoms with Crippen molar-refractivity contribution in [3.8, 4) is 11.1 Å². The minimum atomic E-state index is -0.866. The van der Waals surface area contributed by atoms with Crippen molar-refractivity contribution in [2.24, 2.45) is 0 Å². The van der Waals surface area contributed by atoms with Gasteiger partial charge >= 0.3 is 12.1 Å². The van der Waals surface area contributed by atoms with Crippen LogP contribution in [0.25, 0.3) is 21.2 Å². The fraction of sp³-hybridized carbons (Fsp3) is 0.0909. The molecule has 7 rings (SSSR count). The lowest BCUT2D eigenvalue weighted by Crippen LogP contribution is -2.33. The highest BCUT2D eigenvalue weighted by Crippen LogP contribution is 2.44. The fourth-order valence-corrected chi connectivity index (χ4v) is 6.72. The third-order valence-electron chi connectivity index (χ3n) is 7.57. The second-order valence-corrected chi connectivity index (χ2v) is 11.0. The van der Waals surface area contributed by atoms with E-state index in [1.165, 1.54) is 12.1 Å². The number of imide groups is 1. The summed E-state index contributed by atoms with van der Waals surface area (Å²) in [6.07, 6.45) is -0.633. The van der Waals surface area contributed by atoms with Crippen molar-refractivity contribution in [2.75, 3.05) is 6.61 Å². The Hall–Kier alpha value is -5.28. The molecule has 0 saturated heterocycles. The number of hydrogen-bond donors (Lipinski definition) is 1. The Balaban J connectivity index is 1.07. The molecular weight excluding hydrogens is 552 g/mol. The second-order valence-electron chi connectivity index (χ2n) is 9.91. The zero-order valence-corrected chi connectivity index (χ0v) is 22.9. The minimum Gasteiger partial charge on any atom is -0.449 e. The Kier molecular flexibility index (Phi) is 6.28. The van der Waals surface area contributed by atoms with Crippen LogP contribution in [0, 0.1) is 0 Å². The number of thiophene rings is 1. The first-order valence-electron chi connectivity index (χ1n) is 13.3. The molecule has 0 unspecified atom stereocenters. The van der Waals surface area contributed by atoms with E-state index in [0.717, 1.165) is 43.7 Å². The molecule has 9 heteroatoms. The van der Waals surface area contributed by atoms with Gasteiger partial charge in [0.15, 0.2) is 0 Å². The van der Waals surface area contributed by atoms with Gasteiger partial charge in [-0.3, -0.25) is 9.59 Å². The summed E-state index contributed by atoms with van der Waals surface area (Å²) >= 11 is 1.16.